The molecule has 1 heterocycles. The van der Waals surface area contributed by atoms with Crippen molar-refractivity contribution in [3.05, 3.63) is 59.2 Å². The topological polar surface area (TPSA) is 119 Å². The van der Waals surface area contributed by atoms with E-state index in [1.165, 1.54) is 12.1 Å². The Morgan fingerprint density at radius 3 is 2.00 bits per heavy atom. The molecule has 32 heavy (non-hydrogen) atoms. The van der Waals surface area contributed by atoms with Crippen LogP contribution in [0.2, 0.25) is 0 Å². The smallest absolute Gasteiger partial charge is 0.337 e. The van der Waals surface area contributed by atoms with E-state index in [-0.39, 0.29) is 33.2 Å². The molecule has 2 aromatic carbocycles. The summed E-state index contributed by atoms with van der Waals surface area (Å²) in [5, 5.41) is 0. The quantitative estimate of drug-likeness (QED) is 0.658. The second-order valence-corrected chi connectivity index (χ2v) is 8.92. The fraction of sp³-hybridized carbons (Fsp3) is 0.318. The normalized spacial score (nSPS) is 13.9. The number of likely N-dealkylation sites (tertiary alicyclic amines) is 1. The van der Waals surface area contributed by atoms with Crippen molar-refractivity contribution in [1.29, 1.82) is 0 Å². The van der Waals surface area contributed by atoms with Crippen molar-refractivity contribution in [1.82, 2.24) is 4.90 Å². The molecule has 0 atom stereocenters. The Balaban J connectivity index is 1.99. The van der Waals surface area contributed by atoms with Crippen molar-refractivity contribution < 1.29 is 32.3 Å². The molecule has 0 spiro atoms. The number of hydrogen-bond acceptors (Lipinski definition) is 7. The summed E-state index contributed by atoms with van der Waals surface area (Å²) in [6.45, 7) is 1.23. The molecule has 0 aliphatic carbocycles. The van der Waals surface area contributed by atoms with E-state index in [0.717, 1.165) is 45.6 Å². The van der Waals surface area contributed by atoms with Crippen LogP contribution in [0.3, 0.4) is 0 Å². The van der Waals surface area contributed by atoms with Gasteiger partial charge in [-0.15, -0.1) is 0 Å². The molecular formula is C22H24N2O7S. The molecule has 0 aromatic heterocycles. The molecule has 2 aromatic rings. The average Bonchev–Trinajstić information content (AvgIpc) is 2.82. The number of para-hydroxylation sites is 1. The van der Waals surface area contributed by atoms with E-state index in [4.69, 9.17) is 0 Å². The van der Waals surface area contributed by atoms with Crippen LogP contribution in [-0.4, -0.2) is 58.5 Å². The van der Waals surface area contributed by atoms with Crippen LogP contribution in [0.5, 0.6) is 0 Å². The Bertz CT molecular complexity index is 1100. The third kappa shape index (κ3) is 5.08. The third-order valence-electron chi connectivity index (χ3n) is 5.10. The summed E-state index contributed by atoms with van der Waals surface area (Å²) < 4.78 is 38.0. The lowest BCUT2D eigenvalue weighted by atomic mass is 10.1. The molecule has 9 nitrogen and oxygen atoms in total. The van der Waals surface area contributed by atoms with E-state index >= 15 is 0 Å². The molecule has 170 valence electrons. The van der Waals surface area contributed by atoms with Crippen LogP contribution in [0, 0.1) is 0 Å². The number of carbonyl (C=O) groups excluding carboxylic acids is 3. The van der Waals surface area contributed by atoms with Gasteiger partial charge in [0.2, 0.25) is 0 Å². The summed E-state index contributed by atoms with van der Waals surface area (Å²) in [4.78, 5) is 38.3. The number of anilines is 1. The summed E-state index contributed by atoms with van der Waals surface area (Å²) in [6.07, 6.45) is 2.85. The maximum atomic E-state index is 13.1. The zero-order chi connectivity index (χ0) is 23.3. The van der Waals surface area contributed by atoms with Gasteiger partial charge in [-0.3, -0.25) is 9.52 Å². The number of carbonyl (C=O) groups is 3. The van der Waals surface area contributed by atoms with Crippen molar-refractivity contribution in [3.63, 3.8) is 0 Å². The van der Waals surface area contributed by atoms with Gasteiger partial charge in [-0.05, 0) is 49.6 Å². The maximum absolute atomic E-state index is 13.1. The number of methoxy groups -OCH3 is 2. The second-order valence-electron chi connectivity index (χ2n) is 7.23. The van der Waals surface area contributed by atoms with E-state index < -0.39 is 22.0 Å². The molecule has 1 saturated heterocycles. The van der Waals surface area contributed by atoms with Gasteiger partial charge in [0.15, 0.2) is 0 Å². The average molecular weight is 461 g/mol. The Kier molecular flexibility index (Phi) is 7.14. The van der Waals surface area contributed by atoms with Gasteiger partial charge < -0.3 is 14.4 Å². The Labute approximate surface area is 186 Å². The fourth-order valence-corrected chi connectivity index (χ4v) is 4.60. The number of ether oxygens (including phenoxy) is 2. The Morgan fingerprint density at radius 1 is 0.875 bits per heavy atom. The highest BCUT2D eigenvalue weighted by Crippen LogP contribution is 2.24. The molecule has 0 radical (unpaired) electrons. The first kappa shape index (κ1) is 23.3. The standard InChI is InChI=1S/C22H24N2O7S/c1-30-21(26)15-12-16(22(27)31-2)14-17(13-15)32(28,29)23-19-9-5-4-8-18(19)20(25)24-10-6-3-7-11-24/h4-5,8-9,12-14,23H,3,6-7,10-11H2,1-2H3. The molecule has 1 amide bonds. The minimum atomic E-state index is -4.26. The highest BCUT2D eigenvalue weighted by Gasteiger charge is 2.25. The van der Waals surface area contributed by atoms with Crippen LogP contribution in [0.25, 0.3) is 0 Å². The highest BCUT2D eigenvalue weighted by molar-refractivity contribution is 7.92. The summed E-state index contributed by atoms with van der Waals surface area (Å²) >= 11 is 0. The lowest BCUT2D eigenvalue weighted by Gasteiger charge is -2.27. The molecular weight excluding hydrogens is 436 g/mol. The molecule has 1 fully saturated rings. The zero-order valence-electron chi connectivity index (χ0n) is 17.8. The van der Waals surface area contributed by atoms with Crippen molar-refractivity contribution in [2.75, 3.05) is 32.0 Å². The van der Waals surface area contributed by atoms with E-state index in [0.29, 0.717) is 13.1 Å². The molecule has 10 heteroatoms. The summed E-state index contributed by atoms with van der Waals surface area (Å²) in [6, 6.07) is 9.67. The van der Waals surface area contributed by atoms with E-state index in [1.54, 1.807) is 23.1 Å². The minimum Gasteiger partial charge on any atom is -0.465 e. The van der Waals surface area contributed by atoms with Gasteiger partial charge >= 0.3 is 11.9 Å². The predicted molar refractivity (Wildman–Crippen MR) is 116 cm³/mol. The number of piperidine rings is 1. The van der Waals surface area contributed by atoms with Crippen LogP contribution in [-0.2, 0) is 19.5 Å². The van der Waals surface area contributed by atoms with Crippen LogP contribution in [0.4, 0.5) is 5.69 Å². The van der Waals surface area contributed by atoms with Crippen LogP contribution < -0.4 is 4.72 Å². The number of sulfonamides is 1. The second kappa shape index (κ2) is 9.82. The first-order valence-corrected chi connectivity index (χ1v) is 11.5. The number of nitrogens with one attached hydrogen (secondary N) is 1. The van der Waals surface area contributed by atoms with Crippen molar-refractivity contribution >= 4 is 33.6 Å². The maximum Gasteiger partial charge on any atom is 0.337 e. The van der Waals surface area contributed by atoms with Gasteiger partial charge in [-0.2, -0.15) is 0 Å². The van der Waals surface area contributed by atoms with Gasteiger partial charge in [0.05, 0.1) is 41.5 Å². The number of hydrogen-bond donors (Lipinski definition) is 1. The van der Waals surface area contributed by atoms with E-state index in [2.05, 4.69) is 14.2 Å². The van der Waals surface area contributed by atoms with Crippen molar-refractivity contribution in [3.8, 4) is 0 Å². The summed E-state index contributed by atoms with van der Waals surface area (Å²) in [7, 11) is -1.98. The van der Waals surface area contributed by atoms with Gasteiger partial charge in [-0.1, -0.05) is 12.1 Å². The van der Waals surface area contributed by atoms with E-state index in [9.17, 15) is 22.8 Å². The largest absolute Gasteiger partial charge is 0.465 e. The molecule has 0 bridgehead atoms. The van der Waals surface area contributed by atoms with Crippen LogP contribution >= 0.6 is 0 Å². The highest BCUT2D eigenvalue weighted by atomic mass is 32.2. The molecule has 0 unspecified atom stereocenters. The number of esters is 2. The van der Waals surface area contributed by atoms with Gasteiger partial charge in [0, 0.05) is 13.1 Å². The predicted octanol–water partition coefficient (Wildman–Crippen LogP) is 2.69. The van der Waals surface area contributed by atoms with E-state index in [1.807, 2.05) is 0 Å². The monoisotopic (exact) mass is 460 g/mol. The SMILES string of the molecule is COC(=O)c1cc(C(=O)OC)cc(S(=O)(=O)Nc2ccccc2C(=O)N2CCCCC2)c1. The van der Waals surface area contributed by atoms with Gasteiger partial charge in [-0.25, -0.2) is 18.0 Å². The Morgan fingerprint density at radius 2 is 1.44 bits per heavy atom. The molecule has 1 aliphatic heterocycles. The van der Waals surface area contributed by atoms with Crippen molar-refractivity contribution in [2.24, 2.45) is 0 Å². The first-order valence-electron chi connectivity index (χ1n) is 9.99. The fourth-order valence-electron chi connectivity index (χ4n) is 3.46. The molecule has 0 saturated carbocycles. The van der Waals surface area contributed by atoms with Crippen molar-refractivity contribution in [2.45, 2.75) is 24.2 Å². The van der Waals surface area contributed by atoms with Crippen LogP contribution in [0.1, 0.15) is 50.3 Å². The number of rotatable bonds is 6. The molecule has 3 rings (SSSR count). The number of amides is 1. The van der Waals surface area contributed by atoms with Crippen LogP contribution in [0.15, 0.2) is 47.4 Å². The lowest BCUT2D eigenvalue weighted by Crippen LogP contribution is -2.36. The first-order chi connectivity index (χ1) is 15.3. The minimum absolute atomic E-state index is 0.103. The zero-order valence-corrected chi connectivity index (χ0v) is 18.6. The van der Waals surface area contributed by atoms with Gasteiger partial charge in [0.1, 0.15) is 0 Å². The number of benzene rings is 2. The Hall–Kier alpha value is -3.40. The molecule has 1 aliphatic rings. The molecule has 1 N–H and O–H groups in total. The summed E-state index contributed by atoms with van der Waals surface area (Å²) in [5.41, 5.74) is 0.0587. The third-order valence-corrected chi connectivity index (χ3v) is 6.45. The lowest BCUT2D eigenvalue weighted by molar-refractivity contribution is 0.0597. The summed E-state index contributed by atoms with van der Waals surface area (Å²) in [5.74, 6) is -1.89. The number of nitrogens with zero attached hydrogens (tertiary/aromatic N) is 1. The van der Waals surface area contributed by atoms with Gasteiger partial charge in [0.25, 0.3) is 15.9 Å².